The number of ether oxygens (including phenoxy) is 1. The molecule has 7 heteroatoms. The lowest BCUT2D eigenvalue weighted by Gasteiger charge is -2.12. The fourth-order valence-electron chi connectivity index (χ4n) is 2.20. The molecule has 0 saturated heterocycles. The molecule has 23 heavy (non-hydrogen) atoms. The zero-order valence-corrected chi connectivity index (χ0v) is 13.0. The number of H-pyrrole nitrogens is 1. The van der Waals surface area contributed by atoms with E-state index in [1.54, 1.807) is 18.2 Å². The van der Waals surface area contributed by atoms with Crippen LogP contribution in [0.25, 0.3) is 10.9 Å². The molecule has 0 aliphatic carbocycles. The molecule has 0 spiro atoms. The fourth-order valence-corrected chi connectivity index (χ4v) is 2.20. The van der Waals surface area contributed by atoms with Crippen molar-refractivity contribution in [2.75, 3.05) is 26.3 Å². The van der Waals surface area contributed by atoms with Gasteiger partial charge in [-0.05, 0) is 37.6 Å². The van der Waals surface area contributed by atoms with Gasteiger partial charge in [0.2, 0.25) is 5.75 Å². The smallest absolute Gasteiger partial charge is 0.294 e. The summed E-state index contributed by atoms with van der Waals surface area (Å²) in [6.07, 6.45) is 0.741. The molecule has 0 saturated carbocycles. The first-order valence-corrected chi connectivity index (χ1v) is 7.56. The van der Waals surface area contributed by atoms with E-state index in [9.17, 15) is 15.0 Å². The zero-order valence-electron chi connectivity index (χ0n) is 13.0. The molecule has 1 atom stereocenters. The summed E-state index contributed by atoms with van der Waals surface area (Å²) in [4.78, 5) is 13.9. The topological polar surface area (TPSA) is 115 Å². The van der Waals surface area contributed by atoms with Crippen LogP contribution >= 0.6 is 0 Å². The predicted octanol–water partition coefficient (Wildman–Crippen LogP) is 0.926. The van der Waals surface area contributed by atoms with Crippen LogP contribution in [0.1, 0.15) is 13.3 Å². The highest BCUT2D eigenvalue weighted by molar-refractivity contribution is 5.92. The Balaban J connectivity index is 1.98. The zero-order chi connectivity index (χ0) is 16.8. The van der Waals surface area contributed by atoms with E-state index in [2.05, 4.69) is 10.3 Å². The van der Waals surface area contributed by atoms with Gasteiger partial charge in [-0.15, -0.1) is 0 Å². The molecule has 1 unspecified atom stereocenters. The third kappa shape index (κ3) is 4.14. The Morgan fingerprint density at radius 2 is 2.09 bits per heavy atom. The highest BCUT2D eigenvalue weighted by Gasteiger charge is 2.14. The Morgan fingerprint density at radius 3 is 2.83 bits per heavy atom. The van der Waals surface area contributed by atoms with Gasteiger partial charge in [-0.3, -0.25) is 4.79 Å². The van der Waals surface area contributed by atoms with Crippen molar-refractivity contribution in [1.82, 2.24) is 10.3 Å². The summed E-state index contributed by atoms with van der Waals surface area (Å²) in [6.45, 7) is 4.00. The lowest BCUT2D eigenvalue weighted by molar-refractivity contribution is 0.232. The second-order valence-electron chi connectivity index (χ2n) is 5.52. The van der Waals surface area contributed by atoms with Gasteiger partial charge in [0.05, 0.1) is 17.5 Å². The Labute approximate surface area is 133 Å². The van der Waals surface area contributed by atoms with Crippen LogP contribution in [0.2, 0.25) is 0 Å². The Hall–Kier alpha value is -2.25. The van der Waals surface area contributed by atoms with E-state index >= 15 is 0 Å². The molecule has 7 nitrogen and oxygen atoms in total. The number of aromatic hydroxyl groups is 2. The van der Waals surface area contributed by atoms with E-state index in [0.717, 1.165) is 19.5 Å². The van der Waals surface area contributed by atoms with E-state index in [4.69, 9.17) is 9.84 Å². The molecule has 1 aromatic carbocycles. The Bertz CT molecular complexity index is 713. The van der Waals surface area contributed by atoms with Crippen molar-refractivity contribution in [3.63, 3.8) is 0 Å². The van der Waals surface area contributed by atoms with Crippen LogP contribution in [0, 0.1) is 5.92 Å². The van der Waals surface area contributed by atoms with E-state index in [0.29, 0.717) is 17.9 Å². The summed E-state index contributed by atoms with van der Waals surface area (Å²) in [6, 6.07) is 4.99. The molecule has 126 valence electrons. The van der Waals surface area contributed by atoms with Crippen LogP contribution in [0.4, 0.5) is 0 Å². The van der Waals surface area contributed by atoms with Crippen molar-refractivity contribution in [2.45, 2.75) is 13.3 Å². The number of nitrogens with one attached hydrogen (secondary N) is 2. The SMILES string of the molecule is CC(CO)CNCCCOc1cccc2[nH]c(=O)c(O)c(O)c12. The van der Waals surface area contributed by atoms with Gasteiger partial charge >= 0.3 is 0 Å². The maximum atomic E-state index is 11.4. The number of rotatable bonds is 8. The van der Waals surface area contributed by atoms with Crippen molar-refractivity contribution < 1.29 is 20.1 Å². The highest BCUT2D eigenvalue weighted by atomic mass is 16.5. The fraction of sp³-hybridized carbons (Fsp3) is 0.438. The Morgan fingerprint density at radius 1 is 1.30 bits per heavy atom. The summed E-state index contributed by atoms with van der Waals surface area (Å²) in [5, 5.41) is 31.9. The molecule has 1 heterocycles. The first-order chi connectivity index (χ1) is 11.0. The number of hydrogen-bond donors (Lipinski definition) is 5. The molecule has 5 N–H and O–H groups in total. The molecule has 0 amide bonds. The minimum absolute atomic E-state index is 0.153. The second kappa shape index (κ2) is 7.85. The van der Waals surface area contributed by atoms with Gasteiger partial charge in [0.1, 0.15) is 5.75 Å². The lowest BCUT2D eigenvalue weighted by atomic mass is 10.1. The van der Waals surface area contributed by atoms with Gasteiger partial charge in [0, 0.05) is 6.61 Å². The van der Waals surface area contributed by atoms with Crippen molar-refractivity contribution in [2.24, 2.45) is 5.92 Å². The average Bonchev–Trinajstić information content (AvgIpc) is 2.55. The van der Waals surface area contributed by atoms with Crippen molar-refractivity contribution in [1.29, 1.82) is 0 Å². The molecular weight excluding hydrogens is 300 g/mol. The second-order valence-corrected chi connectivity index (χ2v) is 5.52. The molecule has 0 bridgehead atoms. The number of hydrogen-bond acceptors (Lipinski definition) is 6. The Kier molecular flexibility index (Phi) is 5.84. The van der Waals surface area contributed by atoms with E-state index in [1.807, 2.05) is 6.92 Å². The number of aromatic amines is 1. The van der Waals surface area contributed by atoms with Gasteiger partial charge in [-0.25, -0.2) is 0 Å². The lowest BCUT2D eigenvalue weighted by Crippen LogP contribution is -2.25. The van der Waals surface area contributed by atoms with Crippen molar-refractivity contribution in [3.05, 3.63) is 28.6 Å². The minimum atomic E-state index is -0.741. The number of benzene rings is 1. The van der Waals surface area contributed by atoms with E-state index in [-0.39, 0.29) is 17.9 Å². The quantitative estimate of drug-likeness (QED) is 0.462. The molecule has 2 aromatic rings. The predicted molar refractivity (Wildman–Crippen MR) is 87.1 cm³/mol. The normalized spacial score (nSPS) is 12.4. The molecule has 2 rings (SSSR count). The third-order valence-electron chi connectivity index (χ3n) is 3.51. The van der Waals surface area contributed by atoms with E-state index < -0.39 is 17.1 Å². The number of aliphatic hydroxyl groups is 1. The molecule has 0 aliphatic heterocycles. The maximum Gasteiger partial charge on any atom is 0.294 e. The maximum absolute atomic E-state index is 11.4. The van der Waals surface area contributed by atoms with Crippen LogP contribution in [0.15, 0.2) is 23.0 Å². The van der Waals surface area contributed by atoms with Gasteiger partial charge in [-0.1, -0.05) is 13.0 Å². The number of pyridine rings is 1. The first kappa shape index (κ1) is 17.1. The highest BCUT2D eigenvalue weighted by Crippen LogP contribution is 2.35. The van der Waals surface area contributed by atoms with Crippen molar-refractivity contribution >= 4 is 10.9 Å². The summed E-state index contributed by atoms with van der Waals surface area (Å²) in [5.74, 6) is -0.580. The van der Waals surface area contributed by atoms with Crippen LogP contribution in [-0.4, -0.2) is 46.6 Å². The van der Waals surface area contributed by atoms with Gasteiger partial charge in [-0.2, -0.15) is 0 Å². The third-order valence-corrected chi connectivity index (χ3v) is 3.51. The number of fused-ring (bicyclic) bond motifs is 1. The van der Waals surface area contributed by atoms with E-state index in [1.165, 1.54) is 0 Å². The van der Waals surface area contributed by atoms with Gasteiger partial charge in [0.15, 0.2) is 5.75 Å². The van der Waals surface area contributed by atoms with Crippen LogP contribution in [0.5, 0.6) is 17.2 Å². The number of aliphatic hydroxyl groups excluding tert-OH is 1. The monoisotopic (exact) mass is 322 g/mol. The molecule has 1 aromatic heterocycles. The minimum Gasteiger partial charge on any atom is -0.504 e. The van der Waals surface area contributed by atoms with Gasteiger partial charge < -0.3 is 30.4 Å². The molecule has 0 aliphatic rings. The molecular formula is C16H22N2O5. The molecule has 0 radical (unpaired) electrons. The summed E-state index contributed by atoms with van der Waals surface area (Å²) in [7, 11) is 0. The summed E-state index contributed by atoms with van der Waals surface area (Å²) in [5.41, 5.74) is -0.341. The van der Waals surface area contributed by atoms with Crippen LogP contribution in [0.3, 0.4) is 0 Å². The average molecular weight is 322 g/mol. The first-order valence-electron chi connectivity index (χ1n) is 7.56. The van der Waals surface area contributed by atoms with Crippen molar-refractivity contribution in [3.8, 4) is 17.2 Å². The number of aromatic nitrogens is 1. The standard InChI is InChI=1S/C16H22N2O5/c1-10(9-19)8-17-6-3-7-23-12-5-2-4-11-13(12)14(20)15(21)16(22)18-11/h2,4-5,10,17,19,21H,3,6-9H2,1H3,(H2,18,20,22). The van der Waals surface area contributed by atoms with Gasteiger partial charge in [0.25, 0.3) is 5.56 Å². The largest absolute Gasteiger partial charge is 0.504 e. The van der Waals surface area contributed by atoms with Crippen LogP contribution < -0.4 is 15.6 Å². The summed E-state index contributed by atoms with van der Waals surface area (Å²) >= 11 is 0. The summed E-state index contributed by atoms with van der Waals surface area (Å²) < 4.78 is 5.65. The van der Waals surface area contributed by atoms with Crippen LogP contribution in [-0.2, 0) is 0 Å². The molecule has 0 fully saturated rings.